The largest absolute Gasteiger partial charge is 0.508 e. The maximum Gasteiger partial charge on any atom is 0.290 e. The average Bonchev–Trinajstić information content (AvgIpc) is 3.04. The molecule has 0 saturated heterocycles. The SMILES string of the molecule is CCN(CC)CCN1C(=O)C(O)=C(C(=O)CCc2ccccc2)C1c1cccc(O)c1. The van der Waals surface area contributed by atoms with Crippen LogP contribution in [0.5, 0.6) is 5.75 Å². The molecule has 6 nitrogen and oxygen atoms in total. The maximum atomic E-state index is 13.2. The summed E-state index contributed by atoms with van der Waals surface area (Å²) in [5.74, 6) is -1.22. The Morgan fingerprint density at radius 2 is 1.74 bits per heavy atom. The lowest BCUT2D eigenvalue weighted by Crippen LogP contribution is -2.38. The molecule has 0 aliphatic carbocycles. The molecule has 1 aliphatic heterocycles. The Morgan fingerprint density at radius 1 is 1.03 bits per heavy atom. The average molecular weight is 423 g/mol. The molecule has 0 spiro atoms. The fourth-order valence-electron chi connectivity index (χ4n) is 4.04. The molecule has 3 rings (SSSR count). The van der Waals surface area contributed by atoms with Crippen LogP contribution < -0.4 is 0 Å². The summed E-state index contributed by atoms with van der Waals surface area (Å²) in [7, 11) is 0. The third kappa shape index (κ3) is 5.14. The highest BCUT2D eigenvalue weighted by molar-refractivity contribution is 6.09. The summed E-state index contributed by atoms with van der Waals surface area (Å²) in [5.41, 5.74) is 1.75. The van der Waals surface area contributed by atoms with Gasteiger partial charge < -0.3 is 20.0 Å². The van der Waals surface area contributed by atoms with E-state index in [9.17, 15) is 19.8 Å². The number of carbonyl (C=O) groups is 2. The first-order valence-corrected chi connectivity index (χ1v) is 10.8. The summed E-state index contributed by atoms with van der Waals surface area (Å²) in [5, 5.41) is 20.7. The van der Waals surface area contributed by atoms with E-state index in [0.717, 1.165) is 18.7 Å². The molecular weight excluding hydrogens is 392 g/mol. The molecule has 1 atom stereocenters. The van der Waals surface area contributed by atoms with Crippen LogP contribution in [0.2, 0.25) is 0 Å². The first-order valence-electron chi connectivity index (χ1n) is 10.8. The van der Waals surface area contributed by atoms with Gasteiger partial charge >= 0.3 is 0 Å². The third-order valence-corrected chi connectivity index (χ3v) is 5.83. The molecule has 2 N–H and O–H groups in total. The quantitative estimate of drug-likeness (QED) is 0.611. The van der Waals surface area contributed by atoms with E-state index in [1.165, 1.54) is 4.90 Å². The number of carbonyl (C=O) groups excluding carboxylic acids is 2. The van der Waals surface area contributed by atoms with Gasteiger partial charge in [0.05, 0.1) is 11.6 Å². The summed E-state index contributed by atoms with van der Waals surface area (Å²) in [4.78, 5) is 29.8. The van der Waals surface area contributed by atoms with Crippen LogP contribution in [0.4, 0.5) is 0 Å². The third-order valence-electron chi connectivity index (χ3n) is 5.83. The molecular formula is C25H30N2O4. The number of benzene rings is 2. The van der Waals surface area contributed by atoms with Crippen molar-refractivity contribution >= 4 is 11.7 Å². The summed E-state index contributed by atoms with van der Waals surface area (Å²) >= 11 is 0. The first-order chi connectivity index (χ1) is 15.0. The van der Waals surface area contributed by atoms with E-state index in [2.05, 4.69) is 18.7 Å². The Morgan fingerprint density at radius 3 is 2.39 bits per heavy atom. The number of ketones is 1. The number of amides is 1. The Labute approximate surface area is 183 Å². The first kappa shape index (κ1) is 22.6. The second kappa shape index (κ2) is 10.3. The standard InChI is InChI=1S/C25H30N2O4/c1-3-26(4-2)15-16-27-23(19-11-8-12-20(28)17-19)22(24(30)25(27)31)21(29)14-13-18-9-6-5-7-10-18/h5-12,17,23,28,30H,3-4,13-16H2,1-2H3. The van der Waals surface area contributed by atoms with Crippen LogP contribution in [0.3, 0.4) is 0 Å². The van der Waals surface area contributed by atoms with Gasteiger partial charge in [0.2, 0.25) is 0 Å². The minimum Gasteiger partial charge on any atom is -0.508 e. The molecule has 0 saturated carbocycles. The number of hydrogen-bond acceptors (Lipinski definition) is 5. The van der Waals surface area contributed by atoms with Crippen LogP contribution in [0.25, 0.3) is 0 Å². The normalized spacial score (nSPS) is 16.4. The maximum absolute atomic E-state index is 13.2. The molecule has 164 valence electrons. The lowest BCUT2D eigenvalue weighted by atomic mass is 9.93. The van der Waals surface area contributed by atoms with Gasteiger partial charge in [0.15, 0.2) is 11.5 Å². The van der Waals surface area contributed by atoms with Crippen molar-refractivity contribution in [2.45, 2.75) is 32.7 Å². The van der Waals surface area contributed by atoms with Crippen LogP contribution in [0, 0.1) is 0 Å². The molecule has 6 heteroatoms. The van der Waals surface area contributed by atoms with Gasteiger partial charge in [-0.2, -0.15) is 0 Å². The highest BCUT2D eigenvalue weighted by Gasteiger charge is 2.43. The number of hydrogen-bond donors (Lipinski definition) is 2. The molecule has 2 aromatic rings. The van der Waals surface area contributed by atoms with E-state index >= 15 is 0 Å². The van der Waals surface area contributed by atoms with Crippen LogP contribution in [0.1, 0.15) is 37.4 Å². The van der Waals surface area contributed by atoms with Gasteiger partial charge in [-0.3, -0.25) is 9.59 Å². The van der Waals surface area contributed by atoms with Crippen molar-refractivity contribution < 1.29 is 19.8 Å². The number of likely N-dealkylation sites (N-methyl/N-ethyl adjacent to an activating group) is 1. The van der Waals surface area contributed by atoms with E-state index < -0.39 is 17.7 Å². The predicted octanol–water partition coefficient (Wildman–Crippen LogP) is 3.63. The van der Waals surface area contributed by atoms with E-state index in [1.54, 1.807) is 24.3 Å². The zero-order chi connectivity index (χ0) is 22.4. The molecule has 0 radical (unpaired) electrons. The number of phenolic OH excluding ortho intramolecular Hbond substituents is 1. The van der Waals surface area contributed by atoms with Gasteiger partial charge in [0, 0.05) is 19.5 Å². The number of rotatable bonds is 10. The molecule has 1 heterocycles. The number of nitrogens with zero attached hydrogens (tertiary/aromatic N) is 2. The lowest BCUT2D eigenvalue weighted by Gasteiger charge is -2.29. The van der Waals surface area contributed by atoms with Crippen molar-refractivity contribution in [3.05, 3.63) is 77.1 Å². The Bertz CT molecular complexity index is 951. The van der Waals surface area contributed by atoms with Crippen LogP contribution in [-0.4, -0.2) is 57.9 Å². The second-order valence-electron chi connectivity index (χ2n) is 7.69. The molecule has 2 aromatic carbocycles. The number of aryl methyl sites for hydroxylation is 1. The Balaban J connectivity index is 1.89. The van der Waals surface area contributed by atoms with Crippen LogP contribution >= 0.6 is 0 Å². The Hall–Kier alpha value is -3.12. The lowest BCUT2D eigenvalue weighted by molar-refractivity contribution is -0.129. The van der Waals surface area contributed by atoms with Crippen molar-refractivity contribution in [2.24, 2.45) is 0 Å². The number of phenols is 1. The zero-order valence-corrected chi connectivity index (χ0v) is 18.1. The van der Waals surface area contributed by atoms with Gasteiger partial charge in [-0.1, -0.05) is 56.3 Å². The minimum absolute atomic E-state index is 0.0520. The van der Waals surface area contributed by atoms with Crippen LogP contribution in [0.15, 0.2) is 65.9 Å². The van der Waals surface area contributed by atoms with Crippen LogP contribution in [-0.2, 0) is 16.0 Å². The van der Waals surface area contributed by atoms with Crippen molar-refractivity contribution in [1.82, 2.24) is 9.80 Å². The summed E-state index contributed by atoms with van der Waals surface area (Å²) < 4.78 is 0. The number of aliphatic hydroxyl groups is 1. The fourth-order valence-corrected chi connectivity index (χ4v) is 4.04. The van der Waals surface area contributed by atoms with E-state index in [-0.39, 0.29) is 23.5 Å². The molecule has 0 bridgehead atoms. The van der Waals surface area contributed by atoms with Gasteiger partial charge in [0.25, 0.3) is 5.91 Å². The van der Waals surface area contributed by atoms with Gasteiger partial charge in [-0.05, 0) is 42.8 Å². The Kier molecular flexibility index (Phi) is 7.47. The summed E-state index contributed by atoms with van der Waals surface area (Å²) in [6.07, 6.45) is 0.715. The molecule has 0 aromatic heterocycles. The van der Waals surface area contributed by atoms with E-state index in [1.807, 2.05) is 30.3 Å². The molecule has 1 unspecified atom stereocenters. The van der Waals surface area contributed by atoms with Gasteiger partial charge in [-0.15, -0.1) is 0 Å². The minimum atomic E-state index is -0.710. The molecule has 1 amide bonds. The van der Waals surface area contributed by atoms with Crippen molar-refractivity contribution in [3.63, 3.8) is 0 Å². The summed E-state index contributed by atoms with van der Waals surface area (Å²) in [6.45, 7) is 6.80. The molecule has 31 heavy (non-hydrogen) atoms. The highest BCUT2D eigenvalue weighted by Crippen LogP contribution is 2.39. The van der Waals surface area contributed by atoms with E-state index in [4.69, 9.17) is 0 Å². The number of aromatic hydroxyl groups is 1. The number of aliphatic hydroxyl groups excluding tert-OH is 1. The zero-order valence-electron chi connectivity index (χ0n) is 18.1. The second-order valence-corrected chi connectivity index (χ2v) is 7.69. The number of Topliss-reactive ketones (excluding diaryl/α,β-unsaturated/α-hetero) is 1. The smallest absolute Gasteiger partial charge is 0.290 e. The highest BCUT2D eigenvalue weighted by atomic mass is 16.3. The van der Waals surface area contributed by atoms with Crippen molar-refractivity contribution in [1.29, 1.82) is 0 Å². The van der Waals surface area contributed by atoms with Crippen molar-refractivity contribution in [2.75, 3.05) is 26.2 Å². The molecule has 0 fully saturated rings. The monoisotopic (exact) mass is 422 g/mol. The topological polar surface area (TPSA) is 81.1 Å². The van der Waals surface area contributed by atoms with Gasteiger partial charge in [0.1, 0.15) is 5.75 Å². The van der Waals surface area contributed by atoms with Crippen molar-refractivity contribution in [3.8, 4) is 5.75 Å². The van der Waals surface area contributed by atoms with Gasteiger partial charge in [-0.25, -0.2) is 0 Å². The fraction of sp³-hybridized carbons (Fsp3) is 0.360. The predicted molar refractivity (Wildman–Crippen MR) is 120 cm³/mol. The summed E-state index contributed by atoms with van der Waals surface area (Å²) in [6, 6.07) is 15.5. The van der Waals surface area contributed by atoms with E-state index in [0.29, 0.717) is 25.1 Å². The molecule has 1 aliphatic rings.